The molecule has 0 aliphatic heterocycles. The zero-order chi connectivity index (χ0) is 25.5. The second kappa shape index (κ2) is 12.2. The van der Waals surface area contributed by atoms with Gasteiger partial charge in [-0.05, 0) is 56.2 Å². The number of nitrogens with one attached hydrogen (secondary N) is 1. The van der Waals surface area contributed by atoms with Gasteiger partial charge in [-0.15, -0.1) is 0 Å². The second-order valence-corrected chi connectivity index (χ2v) is 11.0. The number of nitrogens with zero attached hydrogens (tertiary/aromatic N) is 2. The maximum absolute atomic E-state index is 13.6. The van der Waals surface area contributed by atoms with E-state index in [1.54, 1.807) is 43.5 Å². The lowest BCUT2D eigenvalue weighted by Gasteiger charge is -2.33. The molecule has 1 unspecified atom stereocenters. The summed E-state index contributed by atoms with van der Waals surface area (Å²) < 4.78 is 32.1. The van der Waals surface area contributed by atoms with Crippen LogP contribution >= 0.6 is 15.9 Å². The number of carbonyl (C=O) groups excluding carboxylic acids is 2. The van der Waals surface area contributed by atoms with Crippen molar-refractivity contribution in [3.63, 3.8) is 0 Å². The van der Waals surface area contributed by atoms with Gasteiger partial charge in [-0.1, -0.05) is 41.1 Å². The van der Waals surface area contributed by atoms with Crippen molar-refractivity contribution in [2.45, 2.75) is 45.8 Å². The number of anilines is 1. The summed E-state index contributed by atoms with van der Waals surface area (Å²) in [7, 11) is -2.20. The number of halogens is 1. The van der Waals surface area contributed by atoms with Crippen LogP contribution in [-0.2, 0) is 26.2 Å². The van der Waals surface area contributed by atoms with E-state index in [9.17, 15) is 18.0 Å². The van der Waals surface area contributed by atoms with E-state index >= 15 is 0 Å². The highest BCUT2D eigenvalue weighted by atomic mass is 79.9. The third-order valence-electron chi connectivity index (χ3n) is 5.10. The predicted molar refractivity (Wildman–Crippen MR) is 137 cm³/mol. The van der Waals surface area contributed by atoms with Gasteiger partial charge in [0.25, 0.3) is 0 Å². The summed E-state index contributed by atoms with van der Waals surface area (Å²) in [6.45, 7) is 5.22. The Balaban J connectivity index is 2.43. The van der Waals surface area contributed by atoms with Crippen molar-refractivity contribution < 1.29 is 22.7 Å². The molecule has 1 N–H and O–H groups in total. The van der Waals surface area contributed by atoms with Crippen molar-refractivity contribution in [3.8, 4) is 5.75 Å². The molecule has 0 bridgehead atoms. The molecule has 0 saturated carbocycles. The molecule has 1 atom stereocenters. The van der Waals surface area contributed by atoms with E-state index < -0.39 is 28.5 Å². The zero-order valence-corrected chi connectivity index (χ0v) is 22.5. The maximum atomic E-state index is 13.6. The summed E-state index contributed by atoms with van der Waals surface area (Å²) in [5, 5.41) is 2.86. The van der Waals surface area contributed by atoms with Gasteiger partial charge in [0.15, 0.2) is 0 Å². The molecule has 0 aromatic heterocycles. The SMILES string of the molecule is CCC(C(=O)NC(C)C)N(Cc1ccc(OC)cc1)C(=O)CN(c1cccc(Br)c1)S(C)(=O)=O. The van der Waals surface area contributed by atoms with E-state index in [0.717, 1.165) is 16.1 Å². The molecule has 2 rings (SSSR count). The minimum Gasteiger partial charge on any atom is -0.497 e. The average Bonchev–Trinajstić information content (AvgIpc) is 2.76. The zero-order valence-electron chi connectivity index (χ0n) is 20.1. The largest absolute Gasteiger partial charge is 0.497 e. The molecule has 10 heteroatoms. The summed E-state index contributed by atoms with van der Waals surface area (Å²) in [6, 6.07) is 13.0. The third kappa shape index (κ3) is 7.73. The molecule has 0 aliphatic rings. The normalized spacial score (nSPS) is 12.2. The molecule has 0 aliphatic carbocycles. The summed E-state index contributed by atoms with van der Waals surface area (Å²) in [5.41, 5.74) is 1.15. The Labute approximate surface area is 210 Å². The van der Waals surface area contributed by atoms with Gasteiger partial charge >= 0.3 is 0 Å². The van der Waals surface area contributed by atoms with Crippen LogP contribution in [0.4, 0.5) is 5.69 Å². The lowest BCUT2D eigenvalue weighted by Crippen LogP contribution is -2.53. The third-order valence-corrected chi connectivity index (χ3v) is 6.74. The van der Waals surface area contributed by atoms with Gasteiger partial charge in [-0.3, -0.25) is 13.9 Å². The first-order valence-electron chi connectivity index (χ1n) is 10.9. The van der Waals surface area contributed by atoms with Crippen LogP contribution in [0.2, 0.25) is 0 Å². The minimum absolute atomic E-state index is 0.103. The van der Waals surface area contributed by atoms with Crippen molar-refractivity contribution >= 4 is 43.5 Å². The highest BCUT2D eigenvalue weighted by molar-refractivity contribution is 9.10. The van der Waals surface area contributed by atoms with Crippen LogP contribution in [0, 0.1) is 0 Å². The maximum Gasteiger partial charge on any atom is 0.244 e. The van der Waals surface area contributed by atoms with Crippen molar-refractivity contribution in [1.82, 2.24) is 10.2 Å². The van der Waals surface area contributed by atoms with Gasteiger partial charge < -0.3 is 15.0 Å². The van der Waals surface area contributed by atoms with E-state index in [-0.39, 0.29) is 18.5 Å². The Morgan fingerprint density at radius 2 is 1.76 bits per heavy atom. The highest BCUT2D eigenvalue weighted by Crippen LogP contribution is 2.23. The monoisotopic (exact) mass is 553 g/mol. The molecule has 0 radical (unpaired) electrons. The smallest absolute Gasteiger partial charge is 0.244 e. The number of methoxy groups -OCH3 is 1. The molecular weight excluding hydrogens is 522 g/mol. The van der Waals surface area contributed by atoms with Crippen LogP contribution in [0.1, 0.15) is 32.8 Å². The second-order valence-electron chi connectivity index (χ2n) is 8.21. The van der Waals surface area contributed by atoms with Crippen LogP contribution in [0.3, 0.4) is 0 Å². The van der Waals surface area contributed by atoms with Crippen LogP contribution in [0.5, 0.6) is 5.75 Å². The summed E-state index contributed by atoms with van der Waals surface area (Å²) >= 11 is 3.34. The Morgan fingerprint density at radius 1 is 1.12 bits per heavy atom. The van der Waals surface area contributed by atoms with Crippen molar-refractivity contribution in [3.05, 3.63) is 58.6 Å². The van der Waals surface area contributed by atoms with E-state index in [0.29, 0.717) is 22.3 Å². The van der Waals surface area contributed by atoms with Crippen LogP contribution in [0.25, 0.3) is 0 Å². The van der Waals surface area contributed by atoms with Gasteiger partial charge in [0.1, 0.15) is 18.3 Å². The number of carbonyl (C=O) groups is 2. The van der Waals surface area contributed by atoms with Crippen molar-refractivity contribution in [2.24, 2.45) is 0 Å². The highest BCUT2D eigenvalue weighted by Gasteiger charge is 2.32. The Hall–Kier alpha value is -2.59. The van der Waals surface area contributed by atoms with E-state index in [4.69, 9.17) is 4.74 Å². The van der Waals surface area contributed by atoms with Crippen LogP contribution in [-0.4, -0.2) is 57.1 Å². The first-order valence-corrected chi connectivity index (χ1v) is 13.6. The van der Waals surface area contributed by atoms with Gasteiger partial charge in [0.05, 0.1) is 19.1 Å². The van der Waals surface area contributed by atoms with Gasteiger partial charge in [0.2, 0.25) is 21.8 Å². The molecule has 0 fully saturated rings. The number of amides is 2. The lowest BCUT2D eigenvalue weighted by molar-refractivity contribution is -0.140. The lowest BCUT2D eigenvalue weighted by atomic mass is 10.1. The number of benzene rings is 2. The van der Waals surface area contributed by atoms with E-state index in [1.807, 2.05) is 32.9 Å². The molecular formula is C24H32BrN3O5S. The molecule has 8 nitrogen and oxygen atoms in total. The number of ether oxygens (including phenoxy) is 1. The summed E-state index contributed by atoms with van der Waals surface area (Å²) in [5.74, 6) is -0.0937. The molecule has 2 amide bonds. The van der Waals surface area contributed by atoms with Gasteiger partial charge in [0, 0.05) is 17.1 Å². The average molecular weight is 555 g/mol. The number of hydrogen-bond donors (Lipinski definition) is 1. The molecule has 0 spiro atoms. The topological polar surface area (TPSA) is 96.0 Å². The Bertz CT molecular complexity index is 1090. The number of rotatable bonds is 11. The van der Waals surface area contributed by atoms with Crippen molar-refractivity contribution in [1.29, 1.82) is 0 Å². The standard InChI is InChI=1S/C24H32BrN3O5S/c1-6-22(24(30)26-17(2)3)27(15-18-10-12-21(33-4)13-11-18)23(29)16-28(34(5,31)32)20-9-7-8-19(25)14-20/h7-14,17,22H,6,15-16H2,1-5H3,(H,26,30). The minimum atomic E-state index is -3.77. The number of sulfonamides is 1. The number of hydrogen-bond acceptors (Lipinski definition) is 5. The predicted octanol–water partition coefficient (Wildman–Crippen LogP) is 3.56. The Kier molecular flexibility index (Phi) is 9.93. The molecule has 0 heterocycles. The van der Waals surface area contributed by atoms with Crippen LogP contribution < -0.4 is 14.4 Å². The molecule has 0 saturated heterocycles. The van der Waals surface area contributed by atoms with Crippen molar-refractivity contribution in [2.75, 3.05) is 24.2 Å². The fourth-order valence-electron chi connectivity index (χ4n) is 3.47. The summed E-state index contributed by atoms with van der Waals surface area (Å²) in [4.78, 5) is 28.0. The molecule has 2 aromatic rings. The van der Waals surface area contributed by atoms with Gasteiger partial charge in [-0.25, -0.2) is 8.42 Å². The van der Waals surface area contributed by atoms with Gasteiger partial charge in [-0.2, -0.15) is 0 Å². The first-order chi connectivity index (χ1) is 16.0. The fourth-order valence-corrected chi connectivity index (χ4v) is 4.70. The molecule has 34 heavy (non-hydrogen) atoms. The van der Waals surface area contributed by atoms with Crippen LogP contribution in [0.15, 0.2) is 53.0 Å². The molecule has 2 aromatic carbocycles. The fraction of sp³-hybridized carbons (Fsp3) is 0.417. The summed E-state index contributed by atoms with van der Waals surface area (Å²) in [6.07, 6.45) is 1.42. The molecule has 186 valence electrons. The first kappa shape index (κ1) is 27.7. The quantitative estimate of drug-likeness (QED) is 0.459. The Morgan fingerprint density at radius 3 is 2.26 bits per heavy atom. The van der Waals surface area contributed by atoms with E-state index in [1.165, 1.54) is 4.90 Å². The van der Waals surface area contributed by atoms with E-state index in [2.05, 4.69) is 21.2 Å².